The van der Waals surface area contributed by atoms with Gasteiger partial charge in [-0.2, -0.15) is 0 Å². The summed E-state index contributed by atoms with van der Waals surface area (Å²) in [6.45, 7) is 3.41. The Hall–Kier alpha value is -1.64. The third-order valence-corrected chi connectivity index (χ3v) is 3.68. The second-order valence-electron chi connectivity index (χ2n) is 4.69. The molecule has 1 fully saturated rings. The Kier molecular flexibility index (Phi) is 3.80. The summed E-state index contributed by atoms with van der Waals surface area (Å²) >= 11 is 0. The molecule has 0 spiro atoms. The SMILES string of the molecule is C=COC(=O)C1(c2ccccc2F)CCCCC1. The molecule has 0 bridgehead atoms. The molecule has 0 aliphatic heterocycles. The summed E-state index contributed by atoms with van der Waals surface area (Å²) in [6, 6.07) is 6.47. The Morgan fingerprint density at radius 2 is 1.94 bits per heavy atom. The third kappa shape index (κ3) is 2.17. The summed E-state index contributed by atoms with van der Waals surface area (Å²) < 4.78 is 18.9. The molecule has 0 aromatic heterocycles. The van der Waals surface area contributed by atoms with Crippen LogP contribution in [-0.4, -0.2) is 5.97 Å². The van der Waals surface area contributed by atoms with Crippen LogP contribution in [0.1, 0.15) is 37.7 Å². The Morgan fingerprint density at radius 3 is 2.56 bits per heavy atom. The maximum absolute atomic E-state index is 14.0. The van der Waals surface area contributed by atoms with E-state index in [0.29, 0.717) is 18.4 Å². The molecule has 0 heterocycles. The normalized spacial score (nSPS) is 18.1. The zero-order valence-electron chi connectivity index (χ0n) is 10.3. The molecule has 2 rings (SSSR count). The van der Waals surface area contributed by atoms with Gasteiger partial charge in [0.15, 0.2) is 0 Å². The number of ether oxygens (including phenoxy) is 1. The third-order valence-electron chi connectivity index (χ3n) is 3.68. The number of halogens is 1. The van der Waals surface area contributed by atoms with E-state index in [2.05, 4.69) is 6.58 Å². The number of benzene rings is 1. The van der Waals surface area contributed by atoms with E-state index in [0.717, 1.165) is 25.5 Å². The minimum atomic E-state index is -0.836. The van der Waals surface area contributed by atoms with Crippen LogP contribution in [0, 0.1) is 5.82 Å². The fourth-order valence-electron chi connectivity index (χ4n) is 2.78. The smallest absolute Gasteiger partial charge is 0.321 e. The van der Waals surface area contributed by atoms with Crippen molar-refractivity contribution < 1.29 is 13.9 Å². The van der Waals surface area contributed by atoms with Gasteiger partial charge in [-0.3, -0.25) is 4.79 Å². The van der Waals surface area contributed by atoms with Gasteiger partial charge in [-0.25, -0.2) is 4.39 Å². The van der Waals surface area contributed by atoms with Crippen molar-refractivity contribution in [3.8, 4) is 0 Å². The molecular weight excluding hydrogens is 231 g/mol. The Labute approximate surface area is 106 Å². The van der Waals surface area contributed by atoms with Gasteiger partial charge in [0.2, 0.25) is 0 Å². The van der Waals surface area contributed by atoms with Crippen molar-refractivity contribution in [2.24, 2.45) is 0 Å². The highest BCUT2D eigenvalue weighted by Gasteiger charge is 2.44. The Morgan fingerprint density at radius 1 is 1.28 bits per heavy atom. The monoisotopic (exact) mass is 248 g/mol. The van der Waals surface area contributed by atoms with Crippen LogP contribution in [0.2, 0.25) is 0 Å². The van der Waals surface area contributed by atoms with Crippen molar-refractivity contribution in [2.75, 3.05) is 0 Å². The Bertz CT molecular complexity index is 448. The molecule has 1 aromatic rings. The van der Waals surface area contributed by atoms with Crippen molar-refractivity contribution in [1.82, 2.24) is 0 Å². The molecular formula is C15H17FO2. The predicted octanol–water partition coefficient (Wildman–Crippen LogP) is 3.71. The lowest BCUT2D eigenvalue weighted by Crippen LogP contribution is -2.39. The summed E-state index contributed by atoms with van der Waals surface area (Å²) in [5, 5.41) is 0. The van der Waals surface area contributed by atoms with Gasteiger partial charge in [0, 0.05) is 5.56 Å². The van der Waals surface area contributed by atoms with E-state index < -0.39 is 5.41 Å². The number of rotatable bonds is 3. The zero-order valence-corrected chi connectivity index (χ0v) is 10.3. The van der Waals surface area contributed by atoms with E-state index >= 15 is 0 Å². The molecule has 0 N–H and O–H groups in total. The number of carbonyl (C=O) groups is 1. The van der Waals surface area contributed by atoms with Crippen LogP contribution in [0.3, 0.4) is 0 Å². The van der Waals surface area contributed by atoms with Crippen LogP contribution in [-0.2, 0) is 14.9 Å². The molecule has 3 heteroatoms. The van der Waals surface area contributed by atoms with Gasteiger partial charge in [0.25, 0.3) is 0 Å². The van der Waals surface area contributed by atoms with Gasteiger partial charge in [-0.15, -0.1) is 0 Å². The summed E-state index contributed by atoms with van der Waals surface area (Å²) in [7, 11) is 0. The summed E-state index contributed by atoms with van der Waals surface area (Å²) in [5.74, 6) is -0.720. The molecule has 0 amide bonds. The number of carbonyl (C=O) groups excluding carboxylic acids is 1. The van der Waals surface area contributed by atoms with Crippen LogP contribution in [0.4, 0.5) is 4.39 Å². The predicted molar refractivity (Wildman–Crippen MR) is 67.5 cm³/mol. The molecule has 1 saturated carbocycles. The van der Waals surface area contributed by atoms with E-state index in [1.165, 1.54) is 6.07 Å². The maximum atomic E-state index is 14.0. The summed E-state index contributed by atoms with van der Waals surface area (Å²) in [6.07, 6.45) is 5.32. The molecule has 0 atom stereocenters. The van der Waals surface area contributed by atoms with Crippen molar-refractivity contribution in [1.29, 1.82) is 0 Å². The molecule has 1 aliphatic carbocycles. The number of hydrogen-bond donors (Lipinski definition) is 0. The lowest BCUT2D eigenvalue weighted by molar-refractivity contribution is -0.146. The van der Waals surface area contributed by atoms with Crippen molar-refractivity contribution in [3.63, 3.8) is 0 Å². The standard InChI is InChI=1S/C15H17FO2/c1-2-18-14(17)15(10-6-3-7-11-15)12-8-4-5-9-13(12)16/h2,4-5,8-9H,1,3,6-7,10-11H2. The number of hydrogen-bond acceptors (Lipinski definition) is 2. The van der Waals surface area contributed by atoms with Gasteiger partial charge < -0.3 is 4.74 Å². The van der Waals surface area contributed by atoms with Crippen LogP contribution in [0.15, 0.2) is 37.1 Å². The highest BCUT2D eigenvalue weighted by Crippen LogP contribution is 2.41. The topological polar surface area (TPSA) is 26.3 Å². The second-order valence-corrected chi connectivity index (χ2v) is 4.69. The highest BCUT2D eigenvalue weighted by atomic mass is 19.1. The average molecular weight is 248 g/mol. The van der Waals surface area contributed by atoms with Crippen LogP contribution >= 0.6 is 0 Å². The first kappa shape index (κ1) is 12.8. The lowest BCUT2D eigenvalue weighted by Gasteiger charge is -2.35. The van der Waals surface area contributed by atoms with Crippen molar-refractivity contribution in [2.45, 2.75) is 37.5 Å². The van der Waals surface area contributed by atoms with E-state index in [-0.39, 0.29) is 11.8 Å². The van der Waals surface area contributed by atoms with E-state index in [9.17, 15) is 9.18 Å². The molecule has 0 unspecified atom stereocenters. The van der Waals surface area contributed by atoms with Gasteiger partial charge in [0.1, 0.15) is 5.82 Å². The van der Waals surface area contributed by atoms with Gasteiger partial charge in [-0.05, 0) is 18.9 Å². The first-order valence-electron chi connectivity index (χ1n) is 6.28. The molecule has 2 nitrogen and oxygen atoms in total. The summed E-state index contributed by atoms with van der Waals surface area (Å²) in [4.78, 5) is 12.2. The Balaban J connectivity index is 2.44. The quantitative estimate of drug-likeness (QED) is 0.602. The highest BCUT2D eigenvalue weighted by molar-refractivity contribution is 5.83. The number of esters is 1. The van der Waals surface area contributed by atoms with Gasteiger partial charge >= 0.3 is 5.97 Å². The first-order valence-corrected chi connectivity index (χ1v) is 6.28. The molecule has 0 saturated heterocycles. The molecule has 96 valence electrons. The van der Waals surface area contributed by atoms with Gasteiger partial charge in [0.05, 0.1) is 11.7 Å². The fourth-order valence-corrected chi connectivity index (χ4v) is 2.78. The van der Waals surface area contributed by atoms with E-state index in [1.807, 2.05) is 0 Å². The molecule has 18 heavy (non-hydrogen) atoms. The molecule has 0 radical (unpaired) electrons. The van der Waals surface area contributed by atoms with E-state index in [1.54, 1.807) is 18.2 Å². The summed E-state index contributed by atoms with van der Waals surface area (Å²) in [5.41, 5.74) is -0.380. The average Bonchev–Trinajstić information content (AvgIpc) is 2.40. The maximum Gasteiger partial charge on any atom is 0.321 e. The minimum Gasteiger partial charge on any atom is -0.434 e. The van der Waals surface area contributed by atoms with Crippen molar-refractivity contribution in [3.05, 3.63) is 48.5 Å². The fraction of sp³-hybridized carbons (Fsp3) is 0.400. The largest absolute Gasteiger partial charge is 0.434 e. The lowest BCUT2D eigenvalue weighted by atomic mass is 9.69. The van der Waals surface area contributed by atoms with Crippen LogP contribution in [0.25, 0.3) is 0 Å². The van der Waals surface area contributed by atoms with Crippen LogP contribution < -0.4 is 0 Å². The molecule has 1 aliphatic rings. The van der Waals surface area contributed by atoms with E-state index in [4.69, 9.17) is 4.74 Å². The second kappa shape index (κ2) is 5.34. The first-order chi connectivity index (χ1) is 8.70. The van der Waals surface area contributed by atoms with Gasteiger partial charge in [-0.1, -0.05) is 44.0 Å². The molecule has 1 aromatic carbocycles. The zero-order chi connectivity index (χ0) is 13.0. The minimum absolute atomic E-state index is 0.333. The van der Waals surface area contributed by atoms with Crippen LogP contribution in [0.5, 0.6) is 0 Å². The van der Waals surface area contributed by atoms with Crippen molar-refractivity contribution >= 4 is 5.97 Å².